The summed E-state index contributed by atoms with van der Waals surface area (Å²) < 4.78 is 0. The van der Waals surface area contributed by atoms with Crippen LogP contribution in [0.1, 0.15) is 50.0 Å². The molecule has 1 amide bonds. The van der Waals surface area contributed by atoms with Crippen molar-refractivity contribution in [3.8, 4) is 0 Å². The first-order valence-corrected chi connectivity index (χ1v) is 8.46. The first-order valence-electron chi connectivity index (χ1n) is 8.46. The summed E-state index contributed by atoms with van der Waals surface area (Å²) in [5.74, 6) is 1.34. The van der Waals surface area contributed by atoms with E-state index in [0.717, 1.165) is 31.0 Å². The van der Waals surface area contributed by atoms with Gasteiger partial charge in [-0.3, -0.25) is 4.79 Å². The van der Waals surface area contributed by atoms with E-state index in [1.54, 1.807) is 0 Å². The van der Waals surface area contributed by atoms with Gasteiger partial charge in [-0.1, -0.05) is 32.9 Å². The smallest absolute Gasteiger partial charge is 0.251 e. The van der Waals surface area contributed by atoms with Gasteiger partial charge in [-0.2, -0.15) is 0 Å². The summed E-state index contributed by atoms with van der Waals surface area (Å²) in [5, 5.41) is 9.44. The van der Waals surface area contributed by atoms with Gasteiger partial charge in [-0.15, -0.1) is 24.0 Å². The van der Waals surface area contributed by atoms with Crippen LogP contribution < -0.4 is 16.0 Å². The average Bonchev–Trinajstić information content (AvgIpc) is 2.55. The zero-order valence-corrected chi connectivity index (χ0v) is 17.5. The third-order valence-electron chi connectivity index (χ3n) is 3.17. The Hall–Kier alpha value is -1.31. The Bertz CT molecular complexity index is 517. The number of benzene rings is 1. The molecule has 136 valence electrons. The Kier molecular flexibility index (Phi) is 12.3. The summed E-state index contributed by atoms with van der Waals surface area (Å²) in [5.41, 5.74) is 1.71. The van der Waals surface area contributed by atoms with Gasteiger partial charge in [0.05, 0.1) is 6.54 Å². The van der Waals surface area contributed by atoms with Gasteiger partial charge in [0.2, 0.25) is 0 Å². The maximum Gasteiger partial charge on any atom is 0.251 e. The molecule has 0 aliphatic carbocycles. The molecule has 0 atom stereocenters. The molecule has 0 aliphatic heterocycles. The van der Waals surface area contributed by atoms with Crippen molar-refractivity contribution in [2.24, 2.45) is 10.9 Å². The number of carbonyl (C=O) groups excluding carboxylic acids is 1. The van der Waals surface area contributed by atoms with E-state index < -0.39 is 0 Å². The van der Waals surface area contributed by atoms with Crippen molar-refractivity contribution >= 4 is 35.8 Å². The number of nitrogens with one attached hydrogen (secondary N) is 3. The molecule has 6 heteroatoms. The number of guanidine groups is 1. The maximum absolute atomic E-state index is 12.0. The van der Waals surface area contributed by atoms with Crippen molar-refractivity contribution in [1.29, 1.82) is 0 Å². The minimum atomic E-state index is -0.0254. The molecule has 0 aromatic heterocycles. The number of hydrogen-bond acceptors (Lipinski definition) is 2. The van der Waals surface area contributed by atoms with Crippen molar-refractivity contribution < 1.29 is 4.79 Å². The maximum atomic E-state index is 12.0. The van der Waals surface area contributed by atoms with E-state index in [9.17, 15) is 4.79 Å². The third-order valence-corrected chi connectivity index (χ3v) is 3.17. The fraction of sp³-hybridized carbons (Fsp3) is 0.556. The summed E-state index contributed by atoms with van der Waals surface area (Å²) in [6.45, 7) is 11.4. The van der Waals surface area contributed by atoms with Gasteiger partial charge >= 0.3 is 0 Å². The molecule has 0 heterocycles. The summed E-state index contributed by atoms with van der Waals surface area (Å²) in [4.78, 5) is 16.6. The topological polar surface area (TPSA) is 65.5 Å². The zero-order chi connectivity index (χ0) is 17.1. The van der Waals surface area contributed by atoms with Gasteiger partial charge in [0.25, 0.3) is 5.91 Å². The summed E-state index contributed by atoms with van der Waals surface area (Å²) >= 11 is 0. The molecule has 3 N–H and O–H groups in total. The molecule has 5 nitrogen and oxygen atoms in total. The van der Waals surface area contributed by atoms with Crippen molar-refractivity contribution in [3.05, 3.63) is 35.4 Å². The highest BCUT2D eigenvalue weighted by Gasteiger charge is 2.05. The Labute approximate surface area is 163 Å². The minimum absolute atomic E-state index is 0. The Morgan fingerprint density at radius 1 is 1.17 bits per heavy atom. The first-order chi connectivity index (χ1) is 11.1. The van der Waals surface area contributed by atoms with Crippen LogP contribution in [0.3, 0.4) is 0 Å². The van der Waals surface area contributed by atoms with Gasteiger partial charge in [-0.05, 0) is 37.0 Å². The van der Waals surface area contributed by atoms with Crippen LogP contribution in [-0.2, 0) is 6.54 Å². The second-order valence-electron chi connectivity index (χ2n) is 5.93. The lowest BCUT2D eigenvalue weighted by atomic mass is 10.1. The number of nitrogens with zero attached hydrogens (tertiary/aromatic N) is 1. The van der Waals surface area contributed by atoms with Crippen molar-refractivity contribution in [1.82, 2.24) is 16.0 Å². The molecule has 1 aromatic carbocycles. The minimum Gasteiger partial charge on any atom is -0.357 e. The third kappa shape index (κ3) is 9.10. The number of carbonyl (C=O) groups is 1. The SMILES string of the molecule is CCCNC(=O)c1cccc(CN=C(NCC)NCC(C)C)c1.I. The molecular weight excluding hydrogens is 415 g/mol. The van der Waals surface area contributed by atoms with Gasteiger partial charge in [0.1, 0.15) is 0 Å². The number of rotatable bonds is 8. The van der Waals surface area contributed by atoms with Crippen LogP contribution in [0.15, 0.2) is 29.3 Å². The fourth-order valence-corrected chi connectivity index (χ4v) is 1.96. The second kappa shape index (κ2) is 13.0. The second-order valence-corrected chi connectivity index (χ2v) is 5.93. The molecule has 24 heavy (non-hydrogen) atoms. The Balaban J connectivity index is 0.00000529. The fourth-order valence-electron chi connectivity index (χ4n) is 1.96. The van der Waals surface area contributed by atoms with Crippen LogP contribution in [0, 0.1) is 5.92 Å². The Morgan fingerprint density at radius 2 is 1.92 bits per heavy atom. The van der Waals surface area contributed by atoms with E-state index >= 15 is 0 Å². The molecule has 0 saturated carbocycles. The molecule has 0 unspecified atom stereocenters. The molecule has 0 fully saturated rings. The van der Waals surface area contributed by atoms with E-state index in [4.69, 9.17) is 0 Å². The molecular formula is C18H31IN4O. The van der Waals surface area contributed by atoms with E-state index in [-0.39, 0.29) is 29.9 Å². The van der Waals surface area contributed by atoms with Crippen molar-refractivity contribution in [2.45, 2.75) is 40.7 Å². The van der Waals surface area contributed by atoms with Gasteiger partial charge in [-0.25, -0.2) is 4.99 Å². The predicted octanol–water partition coefficient (Wildman–Crippen LogP) is 3.16. The lowest BCUT2D eigenvalue weighted by Crippen LogP contribution is -2.39. The van der Waals surface area contributed by atoms with E-state index in [2.05, 4.69) is 34.8 Å². The van der Waals surface area contributed by atoms with Crippen LogP contribution in [-0.4, -0.2) is 31.5 Å². The number of halogens is 1. The van der Waals surface area contributed by atoms with E-state index in [1.165, 1.54) is 0 Å². The largest absolute Gasteiger partial charge is 0.357 e. The van der Waals surface area contributed by atoms with Crippen molar-refractivity contribution in [3.63, 3.8) is 0 Å². The molecule has 0 radical (unpaired) electrons. The van der Waals surface area contributed by atoms with Crippen LogP contribution in [0.2, 0.25) is 0 Å². The van der Waals surface area contributed by atoms with Crippen LogP contribution in [0.25, 0.3) is 0 Å². The normalized spacial score (nSPS) is 11.0. The van der Waals surface area contributed by atoms with Crippen molar-refractivity contribution in [2.75, 3.05) is 19.6 Å². The predicted molar refractivity (Wildman–Crippen MR) is 112 cm³/mol. The standard InChI is InChI=1S/C18H30N4O.HI/c1-5-10-20-17(23)16-9-7-8-15(11-16)13-22-18(19-6-2)21-12-14(3)4;/h7-9,11,14H,5-6,10,12-13H2,1-4H3,(H,20,23)(H2,19,21,22);1H. The quantitative estimate of drug-likeness (QED) is 0.327. The molecule has 0 saturated heterocycles. The molecule has 1 aromatic rings. The van der Waals surface area contributed by atoms with E-state index in [1.807, 2.05) is 38.1 Å². The van der Waals surface area contributed by atoms with Gasteiger partial charge < -0.3 is 16.0 Å². The van der Waals surface area contributed by atoms with Gasteiger partial charge in [0, 0.05) is 25.2 Å². The Morgan fingerprint density at radius 3 is 2.54 bits per heavy atom. The molecule has 0 bridgehead atoms. The molecule has 0 spiro atoms. The van der Waals surface area contributed by atoms with E-state index in [0.29, 0.717) is 24.6 Å². The monoisotopic (exact) mass is 446 g/mol. The highest BCUT2D eigenvalue weighted by Crippen LogP contribution is 2.07. The highest BCUT2D eigenvalue weighted by atomic mass is 127. The lowest BCUT2D eigenvalue weighted by Gasteiger charge is -2.13. The average molecular weight is 446 g/mol. The molecule has 0 aliphatic rings. The van der Waals surface area contributed by atoms with Crippen LogP contribution in [0.4, 0.5) is 0 Å². The van der Waals surface area contributed by atoms with Crippen LogP contribution >= 0.6 is 24.0 Å². The van der Waals surface area contributed by atoms with Crippen LogP contribution in [0.5, 0.6) is 0 Å². The number of amides is 1. The lowest BCUT2D eigenvalue weighted by molar-refractivity contribution is 0.0953. The number of hydrogen-bond donors (Lipinski definition) is 3. The summed E-state index contributed by atoms with van der Waals surface area (Å²) in [6.07, 6.45) is 0.934. The number of aliphatic imine (C=N–C) groups is 1. The highest BCUT2D eigenvalue weighted by molar-refractivity contribution is 14.0. The first kappa shape index (κ1) is 22.7. The summed E-state index contributed by atoms with van der Waals surface area (Å²) in [7, 11) is 0. The van der Waals surface area contributed by atoms with Gasteiger partial charge in [0.15, 0.2) is 5.96 Å². The molecule has 1 rings (SSSR count). The summed E-state index contributed by atoms with van der Waals surface area (Å²) in [6, 6.07) is 7.63. The zero-order valence-electron chi connectivity index (χ0n) is 15.2.